The number of likely N-dealkylation sites (tertiary alicyclic amines) is 1. The molecule has 21 heavy (non-hydrogen) atoms. The Balaban J connectivity index is 2.14. The number of amides is 1. The third kappa shape index (κ3) is 3.73. The lowest BCUT2D eigenvalue weighted by atomic mass is 9.96. The highest BCUT2D eigenvalue weighted by molar-refractivity contribution is 5.69. The lowest BCUT2D eigenvalue weighted by molar-refractivity contribution is 0.0174. The third-order valence-corrected chi connectivity index (χ3v) is 3.60. The molecule has 4 nitrogen and oxygen atoms in total. The van der Waals surface area contributed by atoms with Crippen molar-refractivity contribution in [2.45, 2.75) is 44.8 Å². The number of carbonyl (C=O) groups excluding carboxylic acids is 1. The number of rotatable bonds is 2. The molecule has 5 heteroatoms. The molecule has 1 aromatic carbocycles. The van der Waals surface area contributed by atoms with Gasteiger partial charge in [-0.05, 0) is 38.8 Å². The van der Waals surface area contributed by atoms with Gasteiger partial charge < -0.3 is 14.7 Å². The highest BCUT2D eigenvalue weighted by Crippen LogP contribution is 2.33. The van der Waals surface area contributed by atoms with Gasteiger partial charge in [0.1, 0.15) is 11.4 Å². The molecule has 0 bridgehead atoms. The van der Waals surface area contributed by atoms with E-state index in [1.807, 2.05) is 0 Å². The quantitative estimate of drug-likeness (QED) is 0.912. The van der Waals surface area contributed by atoms with Crippen molar-refractivity contribution in [1.82, 2.24) is 4.90 Å². The van der Waals surface area contributed by atoms with Crippen LogP contribution in [0.1, 0.15) is 38.7 Å². The molecule has 116 valence electrons. The van der Waals surface area contributed by atoms with Crippen LogP contribution in [0.4, 0.5) is 9.18 Å². The monoisotopic (exact) mass is 295 g/mol. The van der Waals surface area contributed by atoms with Gasteiger partial charge in [0, 0.05) is 12.5 Å². The van der Waals surface area contributed by atoms with Gasteiger partial charge >= 0.3 is 6.09 Å². The fourth-order valence-electron chi connectivity index (χ4n) is 2.67. The summed E-state index contributed by atoms with van der Waals surface area (Å²) in [6, 6.07) is 6.24. The molecule has 0 unspecified atom stereocenters. The summed E-state index contributed by atoms with van der Waals surface area (Å²) in [5.74, 6) is -0.388. The molecular weight excluding hydrogens is 273 g/mol. The van der Waals surface area contributed by atoms with Crippen molar-refractivity contribution in [3.8, 4) is 0 Å². The van der Waals surface area contributed by atoms with Crippen LogP contribution < -0.4 is 0 Å². The highest BCUT2D eigenvalue weighted by Gasteiger charge is 2.38. The molecule has 1 aliphatic rings. The zero-order valence-electron chi connectivity index (χ0n) is 12.7. The van der Waals surface area contributed by atoms with E-state index >= 15 is 0 Å². The number of hydrogen-bond donors (Lipinski definition) is 1. The van der Waals surface area contributed by atoms with E-state index in [1.165, 1.54) is 11.0 Å². The van der Waals surface area contributed by atoms with E-state index in [4.69, 9.17) is 4.74 Å². The van der Waals surface area contributed by atoms with E-state index in [0.29, 0.717) is 18.5 Å². The Morgan fingerprint density at radius 3 is 2.67 bits per heavy atom. The summed E-state index contributed by atoms with van der Waals surface area (Å²) in [4.78, 5) is 13.7. The van der Waals surface area contributed by atoms with E-state index in [2.05, 4.69) is 0 Å². The summed E-state index contributed by atoms with van der Waals surface area (Å²) in [5.41, 5.74) is -0.00491. The minimum absolute atomic E-state index is 0.115. The van der Waals surface area contributed by atoms with Gasteiger partial charge in [0.05, 0.1) is 12.6 Å². The Bertz CT molecular complexity index is 512. The SMILES string of the molecule is CC(C)(C)OC(=O)N1C[C@@H](c2ccccc2F)C[C@H]1CO. The fraction of sp³-hybridized carbons (Fsp3) is 0.562. The van der Waals surface area contributed by atoms with E-state index in [-0.39, 0.29) is 24.4 Å². The van der Waals surface area contributed by atoms with Crippen molar-refractivity contribution in [3.63, 3.8) is 0 Å². The number of benzene rings is 1. The third-order valence-electron chi connectivity index (χ3n) is 3.60. The van der Waals surface area contributed by atoms with Crippen molar-refractivity contribution < 1.29 is 19.0 Å². The average molecular weight is 295 g/mol. The van der Waals surface area contributed by atoms with Gasteiger partial charge in [0.15, 0.2) is 0 Å². The first-order valence-corrected chi connectivity index (χ1v) is 7.16. The molecule has 2 rings (SSSR count). The van der Waals surface area contributed by atoms with Crippen molar-refractivity contribution in [2.75, 3.05) is 13.2 Å². The molecule has 1 saturated heterocycles. The van der Waals surface area contributed by atoms with Gasteiger partial charge in [-0.25, -0.2) is 9.18 Å². The Labute approximate surface area is 124 Å². The van der Waals surface area contributed by atoms with Gasteiger partial charge in [-0.15, -0.1) is 0 Å². The number of aliphatic hydroxyl groups is 1. The second kappa shape index (κ2) is 6.02. The maximum absolute atomic E-state index is 13.9. The highest BCUT2D eigenvalue weighted by atomic mass is 19.1. The maximum Gasteiger partial charge on any atom is 0.410 e. The van der Waals surface area contributed by atoms with Gasteiger partial charge in [0.25, 0.3) is 0 Å². The predicted octanol–water partition coefficient (Wildman–Crippen LogP) is 2.91. The molecule has 0 aromatic heterocycles. The molecule has 0 radical (unpaired) electrons. The van der Waals surface area contributed by atoms with Crippen LogP contribution in [0, 0.1) is 5.82 Å². The number of halogens is 1. The number of nitrogens with zero attached hydrogens (tertiary/aromatic N) is 1. The van der Waals surface area contributed by atoms with E-state index in [1.54, 1.807) is 39.0 Å². The molecular formula is C16H22FNO3. The van der Waals surface area contributed by atoms with Crippen molar-refractivity contribution in [2.24, 2.45) is 0 Å². The molecule has 0 spiro atoms. The molecule has 2 atom stereocenters. The van der Waals surface area contributed by atoms with Crippen LogP contribution >= 0.6 is 0 Å². The van der Waals surface area contributed by atoms with Crippen molar-refractivity contribution in [3.05, 3.63) is 35.6 Å². The van der Waals surface area contributed by atoms with Crippen LogP contribution in [0.5, 0.6) is 0 Å². The van der Waals surface area contributed by atoms with Crippen LogP contribution in [0.15, 0.2) is 24.3 Å². The fourth-order valence-corrected chi connectivity index (χ4v) is 2.67. The molecule has 0 saturated carbocycles. The lowest BCUT2D eigenvalue weighted by Gasteiger charge is -2.27. The number of hydrogen-bond acceptors (Lipinski definition) is 3. The number of aliphatic hydroxyl groups excluding tert-OH is 1. The molecule has 1 aromatic rings. The van der Waals surface area contributed by atoms with Gasteiger partial charge in [-0.1, -0.05) is 18.2 Å². The summed E-state index contributed by atoms with van der Waals surface area (Å²) in [6.07, 6.45) is 0.0804. The van der Waals surface area contributed by atoms with E-state index in [9.17, 15) is 14.3 Å². The summed E-state index contributed by atoms with van der Waals surface area (Å²) in [6.45, 7) is 5.60. The molecule has 1 aliphatic heterocycles. The topological polar surface area (TPSA) is 49.8 Å². The van der Waals surface area contributed by atoms with Crippen molar-refractivity contribution >= 4 is 6.09 Å². The standard InChI is InChI=1S/C16H22FNO3/c1-16(2,3)21-15(20)18-9-11(8-12(18)10-19)13-6-4-5-7-14(13)17/h4-7,11-12,19H,8-10H2,1-3H3/t11-,12-/m0/s1. The number of carbonyl (C=O) groups is 1. The van der Waals surface area contributed by atoms with Gasteiger partial charge in [-0.3, -0.25) is 0 Å². The lowest BCUT2D eigenvalue weighted by Crippen LogP contribution is -2.41. The second-order valence-corrected chi connectivity index (χ2v) is 6.42. The van der Waals surface area contributed by atoms with Crippen molar-refractivity contribution in [1.29, 1.82) is 0 Å². The first kappa shape index (κ1) is 15.8. The Kier molecular flexibility index (Phi) is 4.52. The molecule has 1 fully saturated rings. The van der Waals surface area contributed by atoms with Crippen LogP contribution in [-0.4, -0.2) is 40.9 Å². The Hall–Kier alpha value is -1.62. The maximum atomic E-state index is 13.9. The largest absolute Gasteiger partial charge is 0.444 e. The van der Waals surface area contributed by atoms with Gasteiger partial charge in [-0.2, -0.15) is 0 Å². The Morgan fingerprint density at radius 2 is 2.10 bits per heavy atom. The molecule has 1 N–H and O–H groups in total. The second-order valence-electron chi connectivity index (χ2n) is 6.42. The zero-order valence-corrected chi connectivity index (χ0v) is 12.7. The minimum Gasteiger partial charge on any atom is -0.444 e. The van der Waals surface area contributed by atoms with Crippen LogP contribution in [0.3, 0.4) is 0 Å². The van der Waals surface area contributed by atoms with Crippen LogP contribution in [0.25, 0.3) is 0 Å². The first-order chi connectivity index (χ1) is 9.81. The summed E-state index contributed by atoms with van der Waals surface area (Å²) < 4.78 is 19.2. The average Bonchev–Trinajstić information content (AvgIpc) is 2.81. The number of ether oxygens (including phenoxy) is 1. The van der Waals surface area contributed by atoms with E-state index in [0.717, 1.165) is 0 Å². The van der Waals surface area contributed by atoms with Crippen LogP contribution in [0.2, 0.25) is 0 Å². The van der Waals surface area contributed by atoms with Gasteiger partial charge in [0.2, 0.25) is 0 Å². The zero-order chi connectivity index (χ0) is 15.6. The first-order valence-electron chi connectivity index (χ1n) is 7.16. The molecule has 1 heterocycles. The molecule has 1 amide bonds. The predicted molar refractivity (Wildman–Crippen MR) is 77.6 cm³/mol. The summed E-state index contributed by atoms with van der Waals surface area (Å²) in [5, 5.41) is 9.47. The summed E-state index contributed by atoms with van der Waals surface area (Å²) >= 11 is 0. The Morgan fingerprint density at radius 1 is 1.43 bits per heavy atom. The van der Waals surface area contributed by atoms with Crippen LogP contribution in [-0.2, 0) is 4.74 Å². The summed E-state index contributed by atoms with van der Waals surface area (Å²) in [7, 11) is 0. The minimum atomic E-state index is -0.590. The normalized spacial score (nSPS) is 22.4. The smallest absolute Gasteiger partial charge is 0.410 e. The molecule has 0 aliphatic carbocycles. The van der Waals surface area contributed by atoms with E-state index < -0.39 is 11.7 Å².